The molecule has 0 amide bonds. The molecular formula is C16H28O9S3. The van der Waals surface area contributed by atoms with Gasteiger partial charge in [-0.25, -0.2) is 8.42 Å². The molecular weight excluding hydrogens is 432 g/mol. The van der Waals surface area contributed by atoms with Crippen LogP contribution in [0.1, 0.15) is 40.0 Å². The van der Waals surface area contributed by atoms with Crippen molar-refractivity contribution in [2.75, 3.05) is 17.3 Å². The van der Waals surface area contributed by atoms with Crippen molar-refractivity contribution in [1.82, 2.24) is 0 Å². The topological polar surface area (TPSA) is 130 Å². The van der Waals surface area contributed by atoms with Crippen molar-refractivity contribution >= 4 is 30.1 Å². The van der Waals surface area contributed by atoms with Gasteiger partial charge in [0.25, 0.3) is 20.2 Å². The summed E-state index contributed by atoms with van der Waals surface area (Å²) in [5, 5.41) is -0.149. The molecule has 5 rings (SSSR count). The highest BCUT2D eigenvalue weighted by atomic mass is 32.2. The van der Waals surface area contributed by atoms with Gasteiger partial charge in [-0.2, -0.15) is 16.8 Å². The fourth-order valence-electron chi connectivity index (χ4n) is 4.30. The SMILES string of the molecule is CC1C2CC3C(O2)C1CS3(=O)=O.CC1CCS(=O)(=O)O1.CC1CCS(=O)(=O)O1. The number of hydrogen-bond donors (Lipinski definition) is 0. The van der Waals surface area contributed by atoms with Crippen molar-refractivity contribution in [3.8, 4) is 0 Å². The number of sulfone groups is 1. The van der Waals surface area contributed by atoms with Crippen LogP contribution in [0.3, 0.4) is 0 Å². The lowest BCUT2D eigenvalue weighted by Gasteiger charge is -2.18. The molecule has 5 saturated heterocycles. The maximum absolute atomic E-state index is 11.5. The first kappa shape index (κ1) is 22.4. The number of hydrogen-bond acceptors (Lipinski definition) is 9. The Balaban J connectivity index is 0.000000126. The molecule has 5 aliphatic heterocycles. The minimum absolute atomic E-state index is 0.0509. The monoisotopic (exact) mass is 460 g/mol. The lowest BCUT2D eigenvalue weighted by molar-refractivity contribution is 0.0923. The summed E-state index contributed by atoms with van der Waals surface area (Å²) in [6.45, 7) is 5.63. The summed E-state index contributed by atoms with van der Waals surface area (Å²) < 4.78 is 79.4. The molecule has 0 aromatic rings. The van der Waals surface area contributed by atoms with Gasteiger partial charge < -0.3 is 4.74 Å². The standard InChI is InChI=1S/C8H12O3S.2C4H8O3S/c1-4-5-3-12(9,10)7-2-6(4)11-8(5)7;2*1-4-2-3-8(5,6)7-4/h4-8H,2-3H2,1H3;2*4H,2-3H2,1H3. The van der Waals surface area contributed by atoms with Crippen LogP contribution >= 0.6 is 0 Å². The van der Waals surface area contributed by atoms with E-state index < -0.39 is 30.1 Å². The summed E-state index contributed by atoms with van der Waals surface area (Å²) >= 11 is 0. The van der Waals surface area contributed by atoms with E-state index in [-0.39, 0.29) is 41.2 Å². The van der Waals surface area contributed by atoms with E-state index >= 15 is 0 Å². The van der Waals surface area contributed by atoms with Gasteiger partial charge in [0.15, 0.2) is 9.84 Å². The molecule has 12 heteroatoms. The zero-order valence-corrected chi connectivity index (χ0v) is 18.6. The average Bonchev–Trinajstić information content (AvgIpc) is 3.29. The van der Waals surface area contributed by atoms with Crippen molar-refractivity contribution in [2.24, 2.45) is 11.8 Å². The fraction of sp³-hybridized carbons (Fsp3) is 1.00. The average molecular weight is 461 g/mol. The van der Waals surface area contributed by atoms with Crippen molar-refractivity contribution in [3.63, 3.8) is 0 Å². The Morgan fingerprint density at radius 1 is 0.786 bits per heavy atom. The highest BCUT2D eigenvalue weighted by molar-refractivity contribution is 7.92. The van der Waals surface area contributed by atoms with Gasteiger partial charge in [-0.1, -0.05) is 6.92 Å². The van der Waals surface area contributed by atoms with E-state index in [0.29, 0.717) is 30.4 Å². The summed E-state index contributed by atoms with van der Waals surface area (Å²) in [5.41, 5.74) is 0. The van der Waals surface area contributed by atoms with Crippen LogP contribution in [0.4, 0.5) is 0 Å². The molecule has 0 radical (unpaired) electrons. The molecule has 0 N–H and O–H groups in total. The van der Waals surface area contributed by atoms with Gasteiger partial charge in [-0.3, -0.25) is 8.37 Å². The minimum Gasteiger partial charge on any atom is -0.373 e. The summed E-state index contributed by atoms with van der Waals surface area (Å²) in [5.74, 6) is 1.52. The van der Waals surface area contributed by atoms with E-state index in [1.54, 1.807) is 13.8 Å². The highest BCUT2D eigenvalue weighted by Gasteiger charge is 2.62. The van der Waals surface area contributed by atoms with E-state index in [4.69, 9.17) is 4.74 Å². The summed E-state index contributed by atoms with van der Waals surface area (Å²) in [7, 11) is -8.98. The second kappa shape index (κ2) is 7.77. The molecule has 5 aliphatic rings. The lowest BCUT2D eigenvalue weighted by atomic mass is 9.82. The van der Waals surface area contributed by atoms with Crippen LogP contribution in [0.25, 0.3) is 0 Å². The van der Waals surface area contributed by atoms with Crippen LogP contribution in [-0.2, 0) is 43.2 Å². The fourth-order valence-corrected chi connectivity index (χ4v) is 9.36. The molecule has 7 atom stereocenters. The largest absolute Gasteiger partial charge is 0.373 e. The van der Waals surface area contributed by atoms with Crippen LogP contribution in [0.2, 0.25) is 0 Å². The Kier molecular flexibility index (Phi) is 6.22. The quantitative estimate of drug-likeness (QED) is 0.473. The smallest absolute Gasteiger partial charge is 0.267 e. The van der Waals surface area contributed by atoms with E-state index in [1.807, 2.05) is 0 Å². The van der Waals surface area contributed by atoms with E-state index in [1.165, 1.54) is 0 Å². The first-order valence-electron chi connectivity index (χ1n) is 9.48. The second-order valence-corrected chi connectivity index (χ2v) is 13.9. The molecule has 28 heavy (non-hydrogen) atoms. The first-order chi connectivity index (χ1) is 12.8. The zero-order chi connectivity index (χ0) is 20.9. The third kappa shape index (κ3) is 4.89. The second-order valence-electron chi connectivity index (χ2n) is 8.18. The van der Waals surface area contributed by atoms with Crippen LogP contribution in [-0.4, -0.2) is 72.2 Å². The third-order valence-corrected chi connectivity index (χ3v) is 10.9. The normalized spacial score (nSPS) is 45.8. The van der Waals surface area contributed by atoms with Crippen LogP contribution in [0.15, 0.2) is 0 Å². The third-order valence-electron chi connectivity index (χ3n) is 5.90. The number of rotatable bonds is 0. The van der Waals surface area contributed by atoms with Crippen LogP contribution in [0.5, 0.6) is 0 Å². The van der Waals surface area contributed by atoms with E-state index in [9.17, 15) is 25.3 Å². The van der Waals surface area contributed by atoms with Crippen molar-refractivity contribution < 1.29 is 38.4 Å². The number of ether oxygens (including phenoxy) is 1. The predicted octanol–water partition coefficient (Wildman–Crippen LogP) is 0.457. The Labute approximate surface area is 167 Å². The summed E-state index contributed by atoms with van der Waals surface area (Å²) in [6, 6.07) is 0. The molecule has 7 unspecified atom stereocenters. The van der Waals surface area contributed by atoms with Gasteiger partial charge in [-0.15, -0.1) is 0 Å². The first-order valence-corrected chi connectivity index (χ1v) is 14.4. The van der Waals surface area contributed by atoms with Gasteiger partial charge in [0, 0.05) is 5.92 Å². The molecule has 0 saturated carbocycles. The van der Waals surface area contributed by atoms with Gasteiger partial charge in [0.1, 0.15) is 0 Å². The minimum atomic E-state index is -3.10. The maximum atomic E-state index is 11.5. The van der Waals surface area contributed by atoms with Gasteiger partial charge in [0.2, 0.25) is 0 Å². The van der Waals surface area contributed by atoms with Crippen molar-refractivity contribution in [3.05, 3.63) is 0 Å². The van der Waals surface area contributed by atoms with Gasteiger partial charge in [-0.05, 0) is 39.0 Å². The van der Waals surface area contributed by atoms with Gasteiger partial charge >= 0.3 is 0 Å². The molecule has 5 heterocycles. The molecule has 0 aromatic heterocycles. The molecule has 2 bridgehead atoms. The predicted molar refractivity (Wildman–Crippen MR) is 101 cm³/mol. The van der Waals surface area contributed by atoms with E-state index in [2.05, 4.69) is 15.3 Å². The van der Waals surface area contributed by atoms with E-state index in [0.717, 1.165) is 6.42 Å². The highest BCUT2D eigenvalue weighted by Crippen LogP contribution is 2.51. The Morgan fingerprint density at radius 3 is 1.57 bits per heavy atom. The van der Waals surface area contributed by atoms with Crippen LogP contribution in [0, 0.1) is 11.8 Å². The molecule has 164 valence electrons. The summed E-state index contributed by atoms with van der Waals surface area (Å²) in [4.78, 5) is 0. The molecule has 0 aliphatic carbocycles. The molecule has 0 spiro atoms. The van der Waals surface area contributed by atoms with Crippen molar-refractivity contribution in [2.45, 2.75) is 69.7 Å². The molecule has 0 aromatic carbocycles. The Morgan fingerprint density at radius 2 is 1.29 bits per heavy atom. The zero-order valence-electron chi connectivity index (χ0n) is 16.2. The Bertz CT molecular complexity index is 852. The molecule has 9 nitrogen and oxygen atoms in total. The summed E-state index contributed by atoms with van der Waals surface area (Å²) in [6.07, 6.45) is 2.13. The maximum Gasteiger partial charge on any atom is 0.267 e. The van der Waals surface area contributed by atoms with Crippen molar-refractivity contribution in [1.29, 1.82) is 0 Å². The van der Waals surface area contributed by atoms with Gasteiger partial charge in [0.05, 0.1) is 46.9 Å². The Hall–Kier alpha value is -0.270. The molecule has 5 fully saturated rings. The van der Waals surface area contributed by atoms with Crippen LogP contribution < -0.4 is 0 Å². The lowest BCUT2D eigenvalue weighted by Crippen LogP contribution is -2.29. The number of fused-ring (bicyclic) bond motifs is 1.